The lowest BCUT2D eigenvalue weighted by Gasteiger charge is -2.41. The summed E-state index contributed by atoms with van der Waals surface area (Å²) < 4.78 is 83.4. The van der Waals surface area contributed by atoms with Crippen LogP contribution < -0.4 is 15.4 Å². The Balaban J connectivity index is 2.30. The number of rotatable bonds is 20. The highest BCUT2D eigenvalue weighted by Gasteiger charge is 2.44. The van der Waals surface area contributed by atoms with Crippen molar-refractivity contribution in [1.82, 2.24) is 24.7 Å². The van der Waals surface area contributed by atoms with Crippen LogP contribution in [0, 0.1) is 23.7 Å². The summed E-state index contributed by atoms with van der Waals surface area (Å²) in [6.07, 6.45) is -6.28. The fourth-order valence-electron chi connectivity index (χ4n) is 7.85. The number of anilines is 1. The van der Waals surface area contributed by atoms with Gasteiger partial charge in [-0.2, -0.15) is 13.2 Å². The van der Waals surface area contributed by atoms with Gasteiger partial charge in [0.1, 0.15) is 17.7 Å². The maximum Gasteiger partial charge on any atom is 0.471 e. The minimum Gasteiger partial charge on any atom is -0.444 e. The van der Waals surface area contributed by atoms with Gasteiger partial charge in [-0.15, -0.1) is 0 Å². The van der Waals surface area contributed by atoms with Crippen LogP contribution in [0.1, 0.15) is 94.9 Å². The Morgan fingerprint density at radius 2 is 1.45 bits per heavy atom. The van der Waals surface area contributed by atoms with Gasteiger partial charge >= 0.3 is 18.2 Å². The minimum atomic E-state index is -5.16. The molecule has 364 valence electrons. The van der Waals surface area contributed by atoms with Gasteiger partial charge in [-0.1, -0.05) is 54.9 Å². The number of ether oxygens (including phenoxy) is 3. The Morgan fingerprint density at radius 1 is 0.875 bits per heavy atom. The van der Waals surface area contributed by atoms with E-state index in [1.54, 1.807) is 65.7 Å². The number of hydrogen-bond donors (Lipinski definition) is 3. The Morgan fingerprint density at radius 3 is 1.92 bits per heavy atom. The lowest BCUT2D eigenvalue weighted by Crippen LogP contribution is -2.60. The van der Waals surface area contributed by atoms with E-state index in [0.29, 0.717) is 25.8 Å². The molecule has 0 radical (unpaired) electrons. The van der Waals surface area contributed by atoms with Gasteiger partial charge in [-0.3, -0.25) is 28.9 Å². The number of amides is 6. The first kappa shape index (κ1) is 55.6. The van der Waals surface area contributed by atoms with Crippen LogP contribution in [0.15, 0.2) is 29.2 Å². The highest BCUT2D eigenvalue weighted by molar-refractivity contribution is 7.90. The van der Waals surface area contributed by atoms with Crippen LogP contribution in [0.3, 0.4) is 0 Å². The number of nitrogens with zero attached hydrogens (tertiary/aromatic N) is 3. The van der Waals surface area contributed by atoms with Crippen LogP contribution in [0.4, 0.5) is 23.7 Å². The molecule has 64 heavy (non-hydrogen) atoms. The fraction of sp³-hybridized carbons (Fsp3) is 0.721. The lowest BCUT2D eigenvalue weighted by atomic mass is 9.89. The largest absolute Gasteiger partial charge is 0.471 e. The first-order valence-corrected chi connectivity index (χ1v) is 22.8. The summed E-state index contributed by atoms with van der Waals surface area (Å²) >= 11 is 0. The molecule has 1 heterocycles. The molecule has 0 aromatic heterocycles. The summed E-state index contributed by atoms with van der Waals surface area (Å²) in [4.78, 5) is 84.0. The number of alkyl halides is 3. The van der Waals surface area contributed by atoms with Crippen LogP contribution in [0.2, 0.25) is 0 Å². The molecule has 2 rings (SSSR count). The molecule has 17 nitrogen and oxygen atoms in total. The predicted molar refractivity (Wildman–Crippen MR) is 232 cm³/mol. The molecule has 3 N–H and O–H groups in total. The Labute approximate surface area is 375 Å². The Bertz CT molecular complexity index is 1890. The molecular weight excluding hydrogens is 866 g/mol. The summed E-state index contributed by atoms with van der Waals surface area (Å²) in [5, 5.41) is 4.50. The third kappa shape index (κ3) is 14.8. The third-order valence-electron chi connectivity index (χ3n) is 11.4. The van der Waals surface area contributed by atoms with Crippen molar-refractivity contribution in [1.29, 1.82) is 0 Å². The van der Waals surface area contributed by atoms with Gasteiger partial charge < -0.3 is 34.6 Å². The number of likely N-dealkylation sites (N-methyl/N-ethyl adjacent to an activating group) is 2. The monoisotopic (exact) mass is 934 g/mol. The molecular formula is C43H69F3N6O11S. The van der Waals surface area contributed by atoms with E-state index in [1.165, 1.54) is 38.0 Å². The molecule has 1 aliphatic heterocycles. The Hall–Kier alpha value is -4.50. The number of sulfonamides is 1. The van der Waals surface area contributed by atoms with Crippen molar-refractivity contribution in [2.45, 2.75) is 148 Å². The van der Waals surface area contributed by atoms with E-state index in [0.717, 1.165) is 24.3 Å². The fourth-order valence-corrected chi connectivity index (χ4v) is 8.92. The topological polar surface area (TPSA) is 210 Å². The zero-order valence-corrected chi connectivity index (χ0v) is 40.3. The number of methoxy groups -OCH3 is 2. The second-order valence-corrected chi connectivity index (χ2v) is 19.7. The zero-order chi connectivity index (χ0) is 49.2. The van der Waals surface area contributed by atoms with Gasteiger partial charge in [0.15, 0.2) is 0 Å². The number of nitrogens with one attached hydrogen (secondary N) is 3. The molecule has 1 aromatic rings. The first-order chi connectivity index (χ1) is 29.4. The molecule has 6 amide bonds. The van der Waals surface area contributed by atoms with Crippen LogP contribution >= 0.6 is 0 Å². The normalized spacial score (nSPS) is 18.0. The van der Waals surface area contributed by atoms with Crippen molar-refractivity contribution in [3.63, 3.8) is 0 Å². The van der Waals surface area contributed by atoms with Crippen LogP contribution in [-0.4, -0.2) is 142 Å². The second kappa shape index (κ2) is 23.1. The van der Waals surface area contributed by atoms with Crippen LogP contribution in [-0.2, 0) is 48.2 Å². The first-order valence-electron chi connectivity index (χ1n) is 21.4. The minimum absolute atomic E-state index is 0.181. The summed E-state index contributed by atoms with van der Waals surface area (Å²) in [6, 6.07) is 0.445. The number of likely N-dealkylation sites (tertiary alicyclic amines) is 1. The summed E-state index contributed by atoms with van der Waals surface area (Å²) in [7, 11) is 1.30. The molecule has 1 aromatic carbocycles. The lowest BCUT2D eigenvalue weighted by molar-refractivity contribution is -0.167. The average molecular weight is 935 g/mol. The molecule has 0 aliphatic carbocycles. The quantitative estimate of drug-likeness (QED) is 0.159. The van der Waals surface area contributed by atoms with E-state index in [4.69, 9.17) is 14.2 Å². The van der Waals surface area contributed by atoms with E-state index in [2.05, 4.69) is 5.32 Å². The van der Waals surface area contributed by atoms with E-state index in [9.17, 15) is 50.4 Å². The number of benzene rings is 1. The van der Waals surface area contributed by atoms with E-state index >= 15 is 0 Å². The van der Waals surface area contributed by atoms with Gasteiger partial charge in [0.25, 0.3) is 10.0 Å². The molecule has 21 heteroatoms. The van der Waals surface area contributed by atoms with Gasteiger partial charge in [-0.05, 0) is 75.6 Å². The number of hydrogen-bond acceptors (Lipinski definition) is 11. The van der Waals surface area contributed by atoms with Crippen molar-refractivity contribution in [3.05, 3.63) is 24.3 Å². The van der Waals surface area contributed by atoms with E-state index < -0.39 is 98.7 Å². The second-order valence-electron chi connectivity index (χ2n) is 18.0. The van der Waals surface area contributed by atoms with Crippen molar-refractivity contribution in [3.8, 4) is 0 Å². The van der Waals surface area contributed by atoms with Gasteiger partial charge in [0.05, 0.1) is 41.5 Å². The molecule has 1 saturated heterocycles. The maximum absolute atomic E-state index is 14.4. The number of halogens is 3. The number of carbonyl (C=O) groups is 6. The molecule has 0 spiro atoms. The smallest absolute Gasteiger partial charge is 0.444 e. The zero-order valence-electron chi connectivity index (χ0n) is 39.5. The summed E-state index contributed by atoms with van der Waals surface area (Å²) in [5.41, 5.74) is -1.12. The number of carbonyl (C=O) groups excluding carboxylic acids is 6. The van der Waals surface area contributed by atoms with Gasteiger partial charge in [0.2, 0.25) is 23.6 Å². The maximum atomic E-state index is 14.4. The van der Waals surface area contributed by atoms with Crippen molar-refractivity contribution in [2.24, 2.45) is 23.7 Å². The van der Waals surface area contributed by atoms with Crippen molar-refractivity contribution < 1.29 is 64.6 Å². The van der Waals surface area contributed by atoms with E-state index in [-0.39, 0.29) is 35.8 Å². The average Bonchev–Trinajstić information content (AvgIpc) is 3.68. The SMILES string of the molecule is CC[C@H](C)[C@@H]([C@@H](CC(=O)N1CCC[C@H]1[C@H](OC)[C@@H](C)C(=O)NS(=O)(=O)c1ccc(NC(=O)C(F)(F)F)cc1)OC)N(C)C(=O)[C@@H](NC(=O)[C@H](C(C)C)N(C)C(=O)OC(C)(C)C)C(C)C. The summed E-state index contributed by atoms with van der Waals surface area (Å²) in [5.74, 6) is -6.58. The Kier molecular flexibility index (Phi) is 20.1. The molecule has 8 atom stereocenters. The molecule has 0 unspecified atom stereocenters. The third-order valence-corrected chi connectivity index (χ3v) is 12.8. The van der Waals surface area contributed by atoms with Gasteiger partial charge in [-0.25, -0.2) is 17.9 Å². The predicted octanol–water partition coefficient (Wildman–Crippen LogP) is 4.94. The highest BCUT2D eigenvalue weighted by Crippen LogP contribution is 2.30. The van der Waals surface area contributed by atoms with Crippen LogP contribution in [0.25, 0.3) is 0 Å². The molecule has 1 fully saturated rings. The van der Waals surface area contributed by atoms with E-state index in [1.807, 2.05) is 18.6 Å². The summed E-state index contributed by atoms with van der Waals surface area (Å²) in [6.45, 7) is 17.9. The molecule has 1 aliphatic rings. The van der Waals surface area contributed by atoms with Gasteiger partial charge in [0, 0.05) is 40.5 Å². The van der Waals surface area contributed by atoms with Crippen molar-refractivity contribution >= 4 is 51.3 Å². The molecule has 0 saturated carbocycles. The molecule has 0 bridgehead atoms. The van der Waals surface area contributed by atoms with Crippen LogP contribution in [0.5, 0.6) is 0 Å². The highest BCUT2D eigenvalue weighted by atomic mass is 32.2. The standard InChI is InChI=1S/C43H69F3N6O11S/c1-15-26(6)35(50(11)39(56)33(24(2)3)48-38(55)34(25(4)5)51(12)41(58)63-42(8,9)10)31(61-13)23-32(53)52-22-16-17-30(52)36(62-14)27(7)37(54)49-64(59,60)29-20-18-28(19-21-29)47-40(57)43(44,45)46/h18-21,24-27,30-31,33-36H,15-17,22-23H2,1-14H3,(H,47,57)(H,48,55)(H,49,54)/t26-,27+,30-,31+,33-,34-,35-,36+/m0/s1. The van der Waals surface area contributed by atoms with Crippen molar-refractivity contribution in [2.75, 3.05) is 40.2 Å².